The van der Waals surface area contributed by atoms with Crippen LogP contribution in [0.5, 0.6) is 5.75 Å². The van der Waals surface area contributed by atoms with Crippen LogP contribution in [-0.2, 0) is 0 Å². The van der Waals surface area contributed by atoms with Crippen molar-refractivity contribution in [1.82, 2.24) is 5.32 Å². The van der Waals surface area contributed by atoms with E-state index in [1.54, 1.807) is 6.07 Å². The third-order valence-electron chi connectivity index (χ3n) is 1.79. The minimum Gasteiger partial charge on any atom is -0.490 e. The molecule has 0 spiro atoms. The number of rotatable bonds is 4. The van der Waals surface area contributed by atoms with Gasteiger partial charge in [-0.25, -0.2) is 0 Å². The van der Waals surface area contributed by atoms with Crippen LogP contribution in [0.25, 0.3) is 0 Å². The zero-order valence-corrected chi connectivity index (χ0v) is 9.74. The Bertz CT molecular complexity index is 292. The molecule has 1 aromatic rings. The molecule has 4 heteroatoms. The summed E-state index contributed by atoms with van der Waals surface area (Å²) in [6, 6.07) is 3.52. The van der Waals surface area contributed by atoms with Crippen molar-refractivity contribution in [3.05, 3.63) is 27.7 Å². The Morgan fingerprint density at radius 1 is 1.36 bits per heavy atom. The van der Waals surface area contributed by atoms with Gasteiger partial charge in [0, 0.05) is 11.6 Å². The Hall–Kier alpha value is -0.440. The largest absolute Gasteiger partial charge is 0.490 e. The molecule has 1 aromatic carbocycles. The summed E-state index contributed by atoms with van der Waals surface area (Å²) in [6.45, 7) is 3.31. The molecule has 14 heavy (non-hydrogen) atoms. The van der Waals surface area contributed by atoms with Gasteiger partial charge in [-0.3, -0.25) is 0 Å². The molecule has 0 radical (unpaired) electrons. The molecule has 0 saturated carbocycles. The Kier molecular flexibility index (Phi) is 4.52. The second-order valence-electron chi connectivity index (χ2n) is 2.99. The van der Waals surface area contributed by atoms with Crippen molar-refractivity contribution in [2.24, 2.45) is 0 Å². The molecule has 0 aliphatic carbocycles. The lowest BCUT2D eigenvalue weighted by Crippen LogP contribution is -2.16. The Morgan fingerprint density at radius 3 is 2.64 bits per heavy atom. The molecule has 1 N–H and O–H groups in total. The van der Waals surface area contributed by atoms with Gasteiger partial charge < -0.3 is 10.1 Å². The van der Waals surface area contributed by atoms with E-state index < -0.39 is 0 Å². The monoisotopic (exact) mass is 233 g/mol. The highest BCUT2D eigenvalue weighted by Gasteiger charge is 2.06. The fraction of sp³-hybridized carbons (Fsp3) is 0.400. The first-order valence-corrected chi connectivity index (χ1v) is 5.13. The molecule has 0 unspecified atom stereocenters. The molecule has 0 aliphatic heterocycles. The van der Waals surface area contributed by atoms with Crippen molar-refractivity contribution >= 4 is 23.2 Å². The summed E-state index contributed by atoms with van der Waals surface area (Å²) in [6.07, 6.45) is 0. The van der Waals surface area contributed by atoms with E-state index in [1.807, 2.05) is 20.0 Å². The molecule has 2 nitrogen and oxygen atoms in total. The summed E-state index contributed by atoms with van der Waals surface area (Å²) in [4.78, 5) is 0. The summed E-state index contributed by atoms with van der Waals surface area (Å²) < 4.78 is 5.51. The summed E-state index contributed by atoms with van der Waals surface area (Å²) in [5, 5.41) is 4.19. The van der Waals surface area contributed by atoms with Crippen LogP contribution in [-0.4, -0.2) is 20.2 Å². The Balaban J connectivity index is 2.75. The van der Waals surface area contributed by atoms with E-state index in [1.165, 1.54) is 0 Å². The maximum atomic E-state index is 5.98. The molecule has 0 saturated heterocycles. The maximum Gasteiger partial charge on any atom is 0.140 e. The molecule has 78 valence electrons. The number of hydrogen-bond acceptors (Lipinski definition) is 2. The lowest BCUT2D eigenvalue weighted by molar-refractivity contribution is 0.316. The van der Waals surface area contributed by atoms with E-state index in [2.05, 4.69) is 5.32 Å². The number of nitrogens with one attached hydrogen (secondary N) is 1. The van der Waals surface area contributed by atoms with Gasteiger partial charge in [-0.2, -0.15) is 0 Å². The van der Waals surface area contributed by atoms with Crippen LogP contribution in [0, 0.1) is 6.92 Å². The zero-order chi connectivity index (χ0) is 10.6. The molecule has 0 aromatic heterocycles. The van der Waals surface area contributed by atoms with Crippen molar-refractivity contribution in [3.8, 4) is 5.75 Å². The lowest BCUT2D eigenvalue weighted by Gasteiger charge is -2.10. The quantitative estimate of drug-likeness (QED) is 0.809. The molecule has 0 heterocycles. The van der Waals surface area contributed by atoms with Crippen LogP contribution < -0.4 is 10.1 Å². The summed E-state index contributed by atoms with van der Waals surface area (Å²) in [7, 11) is 1.87. The topological polar surface area (TPSA) is 21.3 Å². The summed E-state index contributed by atoms with van der Waals surface area (Å²) in [5.41, 5.74) is 0.957. The van der Waals surface area contributed by atoms with E-state index in [-0.39, 0.29) is 0 Å². The van der Waals surface area contributed by atoms with Gasteiger partial charge in [-0.05, 0) is 31.7 Å². The predicted molar refractivity (Wildman–Crippen MR) is 60.6 cm³/mol. The van der Waals surface area contributed by atoms with E-state index in [0.29, 0.717) is 22.4 Å². The summed E-state index contributed by atoms with van der Waals surface area (Å²) >= 11 is 11.8. The first-order chi connectivity index (χ1) is 6.65. The number of likely N-dealkylation sites (N-methyl/N-ethyl adjacent to an activating group) is 1. The van der Waals surface area contributed by atoms with Gasteiger partial charge in [0.25, 0.3) is 0 Å². The standard InChI is InChI=1S/C10H13Cl2NO/c1-7-5-8(11)6-9(12)10(7)14-4-3-13-2/h5-6,13H,3-4H2,1-2H3. The number of hydrogen-bond donors (Lipinski definition) is 1. The smallest absolute Gasteiger partial charge is 0.140 e. The van der Waals surface area contributed by atoms with E-state index in [9.17, 15) is 0 Å². The highest BCUT2D eigenvalue weighted by Crippen LogP contribution is 2.31. The zero-order valence-electron chi connectivity index (χ0n) is 8.23. The van der Waals surface area contributed by atoms with Gasteiger partial charge in [-0.15, -0.1) is 0 Å². The fourth-order valence-corrected chi connectivity index (χ4v) is 1.78. The van der Waals surface area contributed by atoms with E-state index in [4.69, 9.17) is 27.9 Å². The fourth-order valence-electron chi connectivity index (χ4n) is 1.13. The van der Waals surface area contributed by atoms with Crippen molar-refractivity contribution in [1.29, 1.82) is 0 Å². The van der Waals surface area contributed by atoms with Crippen LogP contribution >= 0.6 is 23.2 Å². The summed E-state index contributed by atoms with van der Waals surface area (Å²) in [5.74, 6) is 0.714. The van der Waals surface area contributed by atoms with Crippen molar-refractivity contribution in [2.45, 2.75) is 6.92 Å². The van der Waals surface area contributed by atoms with Gasteiger partial charge in [-0.1, -0.05) is 23.2 Å². The predicted octanol–water partition coefficient (Wildman–Crippen LogP) is 2.90. The number of benzene rings is 1. The normalized spacial score (nSPS) is 10.3. The molecule has 1 rings (SSSR count). The van der Waals surface area contributed by atoms with Crippen LogP contribution in [0.1, 0.15) is 5.56 Å². The maximum absolute atomic E-state index is 5.98. The molecular weight excluding hydrogens is 221 g/mol. The van der Waals surface area contributed by atoms with Crippen molar-refractivity contribution < 1.29 is 4.74 Å². The van der Waals surface area contributed by atoms with Gasteiger partial charge >= 0.3 is 0 Å². The Labute approximate surface area is 94.2 Å². The first-order valence-electron chi connectivity index (χ1n) is 4.38. The second-order valence-corrected chi connectivity index (χ2v) is 3.83. The second kappa shape index (κ2) is 5.44. The molecule has 0 amide bonds. The van der Waals surface area contributed by atoms with Gasteiger partial charge in [0.15, 0.2) is 0 Å². The SMILES string of the molecule is CNCCOc1c(C)cc(Cl)cc1Cl. The van der Waals surface area contributed by atoms with Gasteiger partial charge in [0.1, 0.15) is 12.4 Å². The van der Waals surface area contributed by atoms with Crippen molar-refractivity contribution in [2.75, 3.05) is 20.2 Å². The van der Waals surface area contributed by atoms with E-state index in [0.717, 1.165) is 12.1 Å². The Morgan fingerprint density at radius 2 is 2.07 bits per heavy atom. The molecular formula is C10H13Cl2NO. The van der Waals surface area contributed by atoms with E-state index >= 15 is 0 Å². The van der Waals surface area contributed by atoms with Gasteiger partial charge in [0.05, 0.1) is 5.02 Å². The highest BCUT2D eigenvalue weighted by molar-refractivity contribution is 6.35. The third-order valence-corrected chi connectivity index (χ3v) is 2.29. The molecule has 0 bridgehead atoms. The molecule has 0 aliphatic rings. The van der Waals surface area contributed by atoms with Crippen LogP contribution in [0.3, 0.4) is 0 Å². The number of aryl methyl sites for hydroxylation is 1. The minimum atomic E-state index is 0.561. The average molecular weight is 234 g/mol. The van der Waals surface area contributed by atoms with Crippen LogP contribution in [0.15, 0.2) is 12.1 Å². The average Bonchev–Trinajstić information content (AvgIpc) is 2.09. The first kappa shape index (κ1) is 11.6. The number of ether oxygens (including phenoxy) is 1. The van der Waals surface area contributed by atoms with Crippen molar-refractivity contribution in [3.63, 3.8) is 0 Å². The molecule has 0 atom stereocenters. The van der Waals surface area contributed by atoms with Crippen LogP contribution in [0.2, 0.25) is 10.0 Å². The van der Waals surface area contributed by atoms with Crippen LogP contribution in [0.4, 0.5) is 0 Å². The molecule has 0 fully saturated rings. The lowest BCUT2D eigenvalue weighted by atomic mass is 10.2. The van der Waals surface area contributed by atoms with Gasteiger partial charge in [0.2, 0.25) is 0 Å². The highest BCUT2D eigenvalue weighted by atomic mass is 35.5. The minimum absolute atomic E-state index is 0.561. The number of halogens is 2. The third kappa shape index (κ3) is 3.05.